The first-order valence-corrected chi connectivity index (χ1v) is 9.40. The average Bonchev–Trinajstić information content (AvgIpc) is 3.24. The fraction of sp³-hybridized carbons (Fsp3) is 0.300. The van der Waals surface area contributed by atoms with E-state index in [1.807, 2.05) is 48.9 Å². The van der Waals surface area contributed by atoms with Crippen molar-refractivity contribution in [3.63, 3.8) is 0 Å². The molecule has 0 amide bonds. The molecular formula is C20H21N7O. The number of ether oxygens (including phenoxy) is 1. The number of amidine groups is 1. The summed E-state index contributed by atoms with van der Waals surface area (Å²) in [7, 11) is 0. The maximum atomic E-state index is 5.53. The third-order valence-electron chi connectivity index (χ3n) is 5.00. The predicted octanol–water partition coefficient (Wildman–Crippen LogP) is 1.86. The number of morpholine rings is 1. The molecule has 1 fully saturated rings. The molecule has 0 saturated carbocycles. The first-order chi connectivity index (χ1) is 13.9. The van der Waals surface area contributed by atoms with E-state index in [0.29, 0.717) is 25.6 Å². The van der Waals surface area contributed by atoms with Gasteiger partial charge in [0.15, 0.2) is 12.1 Å². The highest BCUT2D eigenvalue weighted by Gasteiger charge is 2.29. The van der Waals surface area contributed by atoms with E-state index in [1.54, 1.807) is 6.33 Å². The van der Waals surface area contributed by atoms with E-state index in [-0.39, 0.29) is 6.29 Å². The van der Waals surface area contributed by atoms with Crippen LogP contribution in [0.2, 0.25) is 0 Å². The lowest BCUT2D eigenvalue weighted by atomic mass is 10.1. The maximum absolute atomic E-state index is 5.53. The number of para-hydroxylation sites is 1. The van der Waals surface area contributed by atoms with Gasteiger partial charge in [-0.25, -0.2) is 15.0 Å². The van der Waals surface area contributed by atoms with E-state index in [1.165, 1.54) is 0 Å². The van der Waals surface area contributed by atoms with Crippen molar-refractivity contribution in [1.82, 2.24) is 24.8 Å². The van der Waals surface area contributed by atoms with Gasteiger partial charge in [-0.15, -0.1) is 0 Å². The predicted molar refractivity (Wildman–Crippen MR) is 107 cm³/mol. The molecular weight excluding hydrogens is 354 g/mol. The molecule has 0 aliphatic carbocycles. The molecule has 28 heavy (non-hydrogen) atoms. The van der Waals surface area contributed by atoms with Gasteiger partial charge in [-0.05, 0) is 24.3 Å². The summed E-state index contributed by atoms with van der Waals surface area (Å²) in [5.74, 6) is 0.700. The third kappa shape index (κ3) is 3.28. The summed E-state index contributed by atoms with van der Waals surface area (Å²) in [5, 5.41) is 0. The molecule has 1 saturated heterocycles. The number of nitrogens with zero attached hydrogens (tertiary/aromatic N) is 6. The second kappa shape index (κ2) is 7.49. The highest BCUT2D eigenvalue weighted by molar-refractivity contribution is 6.11. The molecule has 1 N–H and O–H groups in total. The molecule has 3 aromatic rings. The highest BCUT2D eigenvalue weighted by atomic mass is 16.5. The summed E-state index contributed by atoms with van der Waals surface area (Å²) < 4.78 is 5.53. The fourth-order valence-electron chi connectivity index (χ4n) is 3.59. The Bertz CT molecular complexity index is 1010. The minimum Gasteiger partial charge on any atom is -0.379 e. The van der Waals surface area contributed by atoms with Crippen molar-refractivity contribution in [2.24, 2.45) is 9.98 Å². The smallest absolute Gasteiger partial charge is 0.182 e. The third-order valence-corrected chi connectivity index (χ3v) is 5.00. The van der Waals surface area contributed by atoms with Gasteiger partial charge in [0.2, 0.25) is 0 Å². The molecule has 0 bridgehead atoms. The van der Waals surface area contributed by atoms with Crippen LogP contribution in [-0.2, 0) is 11.3 Å². The van der Waals surface area contributed by atoms with Crippen molar-refractivity contribution in [3.05, 3.63) is 60.2 Å². The van der Waals surface area contributed by atoms with E-state index in [9.17, 15) is 0 Å². The topological polar surface area (TPSA) is 82.0 Å². The van der Waals surface area contributed by atoms with E-state index >= 15 is 0 Å². The zero-order valence-corrected chi connectivity index (χ0v) is 15.4. The molecule has 1 atom stereocenters. The van der Waals surface area contributed by atoms with Gasteiger partial charge in [0.05, 0.1) is 49.2 Å². The minimum absolute atomic E-state index is 0.146. The Balaban J connectivity index is 1.49. The second-order valence-corrected chi connectivity index (χ2v) is 6.79. The zero-order chi connectivity index (χ0) is 18.8. The van der Waals surface area contributed by atoms with Gasteiger partial charge in [-0.1, -0.05) is 12.1 Å². The van der Waals surface area contributed by atoms with Crippen LogP contribution < -0.4 is 0 Å². The number of nitrogens with one attached hydrogen (secondary N) is 1. The van der Waals surface area contributed by atoms with Gasteiger partial charge < -0.3 is 14.6 Å². The van der Waals surface area contributed by atoms with E-state index in [0.717, 1.165) is 35.4 Å². The van der Waals surface area contributed by atoms with Gasteiger partial charge in [0.1, 0.15) is 0 Å². The number of aromatic amines is 1. The maximum Gasteiger partial charge on any atom is 0.182 e. The van der Waals surface area contributed by atoms with Crippen LogP contribution >= 0.6 is 0 Å². The van der Waals surface area contributed by atoms with Crippen LogP contribution in [0.15, 0.2) is 58.9 Å². The Morgan fingerprint density at radius 2 is 2.00 bits per heavy atom. The quantitative estimate of drug-likeness (QED) is 0.753. The normalized spacial score (nSPS) is 20.5. The number of rotatable bonds is 4. The largest absolute Gasteiger partial charge is 0.379 e. The van der Waals surface area contributed by atoms with Crippen LogP contribution in [-0.4, -0.2) is 69.5 Å². The number of fused-ring (bicyclic) bond motifs is 1. The molecule has 0 spiro atoms. The summed E-state index contributed by atoms with van der Waals surface area (Å²) >= 11 is 0. The second-order valence-electron chi connectivity index (χ2n) is 6.79. The van der Waals surface area contributed by atoms with Crippen LogP contribution in [0.1, 0.15) is 11.3 Å². The molecule has 2 aliphatic heterocycles. The summed E-state index contributed by atoms with van der Waals surface area (Å²) in [6.45, 7) is 3.74. The van der Waals surface area contributed by atoms with E-state index < -0.39 is 0 Å². The Morgan fingerprint density at radius 3 is 2.86 bits per heavy atom. The number of H-pyrrole nitrogens is 1. The van der Waals surface area contributed by atoms with Gasteiger partial charge >= 0.3 is 0 Å². The van der Waals surface area contributed by atoms with Gasteiger partial charge in [0.25, 0.3) is 0 Å². The summed E-state index contributed by atoms with van der Waals surface area (Å²) in [6.07, 6.45) is 5.25. The lowest BCUT2D eigenvalue weighted by molar-refractivity contribution is -0.0129. The van der Waals surface area contributed by atoms with Crippen molar-refractivity contribution in [1.29, 1.82) is 0 Å². The van der Waals surface area contributed by atoms with E-state index in [2.05, 4.69) is 29.7 Å². The number of aromatic nitrogens is 3. The first kappa shape index (κ1) is 17.0. The molecule has 8 heteroatoms. The van der Waals surface area contributed by atoms with Gasteiger partial charge in [-0.3, -0.25) is 9.88 Å². The van der Waals surface area contributed by atoms with Gasteiger partial charge in [-0.2, -0.15) is 0 Å². The van der Waals surface area contributed by atoms with Crippen molar-refractivity contribution in [2.75, 3.05) is 26.3 Å². The van der Waals surface area contributed by atoms with Crippen LogP contribution in [0, 0.1) is 0 Å². The monoisotopic (exact) mass is 375 g/mol. The molecule has 1 aromatic carbocycles. The molecule has 8 nitrogen and oxygen atoms in total. The summed E-state index contributed by atoms with van der Waals surface area (Å²) in [5.41, 5.74) is 3.79. The van der Waals surface area contributed by atoms with Crippen LogP contribution in [0.3, 0.4) is 0 Å². The summed E-state index contributed by atoms with van der Waals surface area (Å²) in [4.78, 5) is 26.2. The van der Waals surface area contributed by atoms with Crippen LogP contribution in [0.25, 0.3) is 11.0 Å². The molecule has 142 valence electrons. The SMILES string of the molecule is C1=NC(c2cccc3[nH]cnc23)=NC(N2CCOCC2)N1Cc1ccccn1. The lowest BCUT2D eigenvalue weighted by Gasteiger charge is -2.39. The number of imidazole rings is 1. The van der Waals surface area contributed by atoms with Crippen molar-refractivity contribution in [3.8, 4) is 0 Å². The molecule has 4 heterocycles. The van der Waals surface area contributed by atoms with Crippen LogP contribution in [0.5, 0.6) is 0 Å². The number of aliphatic imine (C=N–C) groups is 2. The highest BCUT2D eigenvalue weighted by Crippen LogP contribution is 2.21. The minimum atomic E-state index is -0.146. The standard InChI is InChI=1S/C20H21N7O/c1-2-7-21-15(4-1)12-27-14-24-19(25-20(27)26-8-10-28-11-9-26)16-5-3-6-17-18(16)23-13-22-17/h1-7,13-14,20H,8-12H2,(H,22,23). The Kier molecular flexibility index (Phi) is 4.56. The van der Waals surface area contributed by atoms with Gasteiger partial charge in [0, 0.05) is 24.8 Å². The molecule has 0 radical (unpaired) electrons. The molecule has 5 rings (SSSR count). The average molecular weight is 375 g/mol. The van der Waals surface area contributed by atoms with E-state index in [4.69, 9.17) is 9.73 Å². The van der Waals surface area contributed by atoms with Crippen molar-refractivity contribution >= 4 is 23.2 Å². The summed E-state index contributed by atoms with van der Waals surface area (Å²) in [6, 6.07) is 12.0. The fourth-order valence-corrected chi connectivity index (χ4v) is 3.59. The molecule has 1 unspecified atom stereocenters. The van der Waals surface area contributed by atoms with Crippen molar-refractivity contribution in [2.45, 2.75) is 12.8 Å². The van der Waals surface area contributed by atoms with Crippen LogP contribution in [0.4, 0.5) is 0 Å². The molecule has 2 aromatic heterocycles. The van der Waals surface area contributed by atoms with Crippen molar-refractivity contribution < 1.29 is 4.74 Å². The molecule has 2 aliphatic rings. The Hall–Kier alpha value is -3.10. The first-order valence-electron chi connectivity index (χ1n) is 9.40. The lowest BCUT2D eigenvalue weighted by Crippen LogP contribution is -2.52. The Morgan fingerprint density at radius 1 is 1.07 bits per heavy atom. The number of hydrogen-bond donors (Lipinski definition) is 1. The number of hydrogen-bond acceptors (Lipinski definition) is 7. The Labute approximate surface area is 162 Å². The number of benzene rings is 1. The number of pyridine rings is 1. The zero-order valence-electron chi connectivity index (χ0n) is 15.4.